The van der Waals surface area contributed by atoms with Gasteiger partial charge in [0.25, 0.3) is 0 Å². The second-order valence-electron chi connectivity index (χ2n) is 8.60. The summed E-state index contributed by atoms with van der Waals surface area (Å²) < 4.78 is 7.98. The van der Waals surface area contributed by atoms with Gasteiger partial charge in [0.15, 0.2) is 0 Å². The molecule has 2 fully saturated rings. The Bertz CT molecular complexity index is 1170. The summed E-state index contributed by atoms with van der Waals surface area (Å²) in [4.78, 5) is 15.4. The third kappa shape index (κ3) is 3.53. The van der Waals surface area contributed by atoms with Crippen LogP contribution in [0.4, 0.5) is 11.4 Å². The van der Waals surface area contributed by atoms with E-state index in [0.717, 1.165) is 54.4 Å². The van der Waals surface area contributed by atoms with E-state index in [1.54, 1.807) is 0 Å². The molecule has 160 valence electrons. The molecule has 0 amide bonds. The molecule has 1 saturated carbocycles. The largest absolute Gasteiger partial charge is 0.378 e. The standard InChI is InChI=1S/C24H28N6O/c1-2-6-17(5-1)30-16-26-24-21(13-18(14-22(24)30)29-9-11-31-12-10-29)25-15-23-27-19-7-3-4-8-20(19)28-23/h3-4,7-8,13-14,16-17,25H,1-2,5-6,9-12,15H2,(H,27,28). The van der Waals surface area contributed by atoms with Crippen molar-refractivity contribution in [1.29, 1.82) is 0 Å². The van der Waals surface area contributed by atoms with Crippen LogP contribution in [0.5, 0.6) is 0 Å². The lowest BCUT2D eigenvalue weighted by Crippen LogP contribution is -2.36. The fourth-order valence-electron chi connectivity index (χ4n) is 5.00. The van der Waals surface area contributed by atoms with Crippen LogP contribution in [0.15, 0.2) is 42.7 Å². The van der Waals surface area contributed by atoms with Crippen molar-refractivity contribution >= 4 is 33.4 Å². The van der Waals surface area contributed by atoms with E-state index >= 15 is 0 Å². The Balaban J connectivity index is 1.36. The minimum absolute atomic E-state index is 0.563. The molecule has 1 aliphatic carbocycles. The van der Waals surface area contributed by atoms with Crippen molar-refractivity contribution in [2.45, 2.75) is 38.3 Å². The van der Waals surface area contributed by atoms with Crippen LogP contribution in [0.1, 0.15) is 37.5 Å². The summed E-state index contributed by atoms with van der Waals surface area (Å²) in [6.07, 6.45) is 7.15. The maximum absolute atomic E-state index is 5.58. The van der Waals surface area contributed by atoms with Crippen LogP contribution in [-0.4, -0.2) is 45.8 Å². The molecule has 2 aromatic heterocycles. The first-order valence-electron chi connectivity index (χ1n) is 11.4. The van der Waals surface area contributed by atoms with Gasteiger partial charge in [-0.15, -0.1) is 0 Å². The zero-order valence-corrected chi connectivity index (χ0v) is 17.7. The number of aromatic amines is 1. The molecule has 2 aliphatic rings. The van der Waals surface area contributed by atoms with Gasteiger partial charge in [-0.1, -0.05) is 25.0 Å². The number of morpholine rings is 1. The normalized spacial score (nSPS) is 17.7. The molecule has 1 saturated heterocycles. The Morgan fingerprint density at radius 1 is 1.10 bits per heavy atom. The number of imidazole rings is 2. The predicted molar refractivity (Wildman–Crippen MR) is 124 cm³/mol. The minimum Gasteiger partial charge on any atom is -0.378 e. The molecular weight excluding hydrogens is 388 g/mol. The molecule has 0 atom stereocenters. The van der Waals surface area contributed by atoms with Crippen LogP contribution in [-0.2, 0) is 11.3 Å². The summed E-state index contributed by atoms with van der Waals surface area (Å²) in [5, 5.41) is 3.62. The Hall–Kier alpha value is -3.06. The monoisotopic (exact) mass is 416 g/mol. The second-order valence-corrected chi connectivity index (χ2v) is 8.60. The Morgan fingerprint density at radius 3 is 2.77 bits per heavy atom. The van der Waals surface area contributed by atoms with E-state index in [1.165, 1.54) is 36.9 Å². The fraction of sp³-hybridized carbons (Fsp3) is 0.417. The van der Waals surface area contributed by atoms with Gasteiger partial charge in [-0.05, 0) is 37.1 Å². The lowest BCUT2D eigenvalue weighted by molar-refractivity contribution is 0.122. The molecule has 1 aliphatic heterocycles. The Labute approximate surface area is 181 Å². The van der Waals surface area contributed by atoms with Crippen LogP contribution >= 0.6 is 0 Å². The molecule has 7 nitrogen and oxygen atoms in total. The summed E-state index contributed by atoms with van der Waals surface area (Å²) in [7, 11) is 0. The Morgan fingerprint density at radius 2 is 1.94 bits per heavy atom. The van der Waals surface area contributed by atoms with Crippen molar-refractivity contribution in [2.24, 2.45) is 0 Å². The van der Waals surface area contributed by atoms with Gasteiger partial charge < -0.3 is 24.5 Å². The zero-order valence-electron chi connectivity index (χ0n) is 17.7. The minimum atomic E-state index is 0.563. The lowest BCUT2D eigenvalue weighted by atomic mass is 10.2. The smallest absolute Gasteiger partial charge is 0.126 e. The summed E-state index contributed by atoms with van der Waals surface area (Å²) in [5.74, 6) is 0.932. The van der Waals surface area contributed by atoms with Crippen molar-refractivity contribution in [3.63, 3.8) is 0 Å². The molecule has 2 N–H and O–H groups in total. The van der Waals surface area contributed by atoms with Crippen molar-refractivity contribution < 1.29 is 4.74 Å². The molecule has 31 heavy (non-hydrogen) atoms. The summed E-state index contributed by atoms with van der Waals surface area (Å²) >= 11 is 0. The van der Waals surface area contributed by atoms with E-state index in [2.05, 4.69) is 38.0 Å². The van der Waals surface area contributed by atoms with Crippen molar-refractivity contribution in [1.82, 2.24) is 19.5 Å². The number of fused-ring (bicyclic) bond motifs is 2. The van der Waals surface area contributed by atoms with Gasteiger partial charge in [-0.25, -0.2) is 9.97 Å². The average Bonchev–Trinajstić information content (AvgIpc) is 3.56. The van der Waals surface area contributed by atoms with Gasteiger partial charge in [0, 0.05) is 24.8 Å². The van der Waals surface area contributed by atoms with E-state index in [1.807, 2.05) is 24.5 Å². The van der Waals surface area contributed by atoms with Gasteiger partial charge in [-0.2, -0.15) is 0 Å². The van der Waals surface area contributed by atoms with Gasteiger partial charge in [-0.3, -0.25) is 0 Å². The van der Waals surface area contributed by atoms with Crippen molar-refractivity contribution in [3.05, 3.63) is 48.5 Å². The number of anilines is 2. The van der Waals surface area contributed by atoms with Crippen LogP contribution < -0.4 is 10.2 Å². The van der Waals surface area contributed by atoms with E-state index in [4.69, 9.17) is 14.7 Å². The molecule has 0 spiro atoms. The van der Waals surface area contributed by atoms with Crippen LogP contribution in [0, 0.1) is 0 Å². The molecule has 2 aromatic carbocycles. The summed E-state index contributed by atoms with van der Waals surface area (Å²) in [5.41, 5.74) is 6.64. The maximum atomic E-state index is 5.58. The number of benzene rings is 2. The molecule has 0 bridgehead atoms. The third-order valence-electron chi connectivity index (χ3n) is 6.64. The second kappa shape index (κ2) is 7.89. The van der Waals surface area contributed by atoms with Gasteiger partial charge in [0.2, 0.25) is 0 Å². The number of ether oxygens (including phenoxy) is 1. The van der Waals surface area contributed by atoms with Gasteiger partial charge in [0.1, 0.15) is 11.3 Å². The summed E-state index contributed by atoms with van der Waals surface area (Å²) in [6.45, 7) is 4.04. The highest BCUT2D eigenvalue weighted by atomic mass is 16.5. The van der Waals surface area contributed by atoms with Crippen molar-refractivity contribution in [3.8, 4) is 0 Å². The van der Waals surface area contributed by atoms with Crippen molar-refractivity contribution in [2.75, 3.05) is 36.5 Å². The molecule has 0 unspecified atom stereocenters. The number of H-pyrrole nitrogens is 1. The lowest BCUT2D eigenvalue weighted by Gasteiger charge is -2.29. The average molecular weight is 417 g/mol. The highest BCUT2D eigenvalue weighted by Crippen LogP contribution is 2.36. The highest BCUT2D eigenvalue weighted by molar-refractivity contribution is 5.92. The molecule has 7 heteroatoms. The van der Waals surface area contributed by atoms with Crippen LogP contribution in [0.2, 0.25) is 0 Å². The number of nitrogens with zero attached hydrogens (tertiary/aromatic N) is 4. The van der Waals surface area contributed by atoms with E-state index in [0.29, 0.717) is 12.6 Å². The number of aromatic nitrogens is 4. The number of hydrogen-bond donors (Lipinski definition) is 2. The number of hydrogen-bond acceptors (Lipinski definition) is 5. The fourth-order valence-corrected chi connectivity index (χ4v) is 5.00. The predicted octanol–water partition coefficient (Wildman–Crippen LogP) is 4.48. The zero-order chi connectivity index (χ0) is 20.6. The first-order chi connectivity index (χ1) is 15.3. The first kappa shape index (κ1) is 18.7. The number of nitrogens with one attached hydrogen (secondary N) is 2. The van der Waals surface area contributed by atoms with Crippen LogP contribution in [0.3, 0.4) is 0 Å². The van der Waals surface area contributed by atoms with E-state index < -0.39 is 0 Å². The molecular formula is C24H28N6O. The molecule has 4 aromatic rings. The molecule has 0 radical (unpaired) electrons. The van der Waals surface area contributed by atoms with Gasteiger partial charge >= 0.3 is 0 Å². The number of para-hydroxylation sites is 2. The maximum Gasteiger partial charge on any atom is 0.126 e. The first-order valence-corrected chi connectivity index (χ1v) is 11.4. The SMILES string of the molecule is c1ccc2[nH]c(CNc3cc(N4CCOCC4)cc4c3ncn4C3CCCC3)nc2c1. The van der Waals surface area contributed by atoms with E-state index in [9.17, 15) is 0 Å². The highest BCUT2D eigenvalue weighted by Gasteiger charge is 2.22. The quantitative estimate of drug-likeness (QED) is 0.502. The topological polar surface area (TPSA) is 71.0 Å². The third-order valence-corrected chi connectivity index (χ3v) is 6.64. The summed E-state index contributed by atoms with van der Waals surface area (Å²) in [6, 6.07) is 13.3. The van der Waals surface area contributed by atoms with Gasteiger partial charge in [0.05, 0.1) is 48.3 Å². The van der Waals surface area contributed by atoms with Crippen LogP contribution in [0.25, 0.3) is 22.1 Å². The Kier molecular flexibility index (Phi) is 4.76. The molecule has 3 heterocycles. The number of rotatable bonds is 5. The van der Waals surface area contributed by atoms with E-state index in [-0.39, 0.29) is 0 Å². The molecule has 6 rings (SSSR count).